The van der Waals surface area contributed by atoms with Gasteiger partial charge in [0, 0.05) is 49.7 Å². The van der Waals surface area contributed by atoms with Crippen molar-refractivity contribution in [1.29, 1.82) is 0 Å². The van der Waals surface area contributed by atoms with Gasteiger partial charge >= 0.3 is 0 Å². The van der Waals surface area contributed by atoms with Crippen molar-refractivity contribution in [3.8, 4) is 0 Å². The minimum Gasteiger partial charge on any atom is -0.371 e. The van der Waals surface area contributed by atoms with Crippen molar-refractivity contribution in [1.82, 2.24) is 4.90 Å². The Balaban J connectivity index is 1.65. The minimum atomic E-state index is 0.269. The fourth-order valence-corrected chi connectivity index (χ4v) is 4.94. The minimum absolute atomic E-state index is 0.269. The maximum Gasteiger partial charge on any atom is 0.178 e. The molecule has 2 N–H and O–H groups in total. The summed E-state index contributed by atoms with van der Waals surface area (Å²) in [5.41, 5.74) is 14.0. The summed E-state index contributed by atoms with van der Waals surface area (Å²) >= 11 is 3.85. The molecule has 0 spiro atoms. The fraction of sp³-hybridized carbons (Fsp3) is 0.458. The first-order valence-electron chi connectivity index (χ1n) is 10.8. The van der Waals surface area contributed by atoms with Gasteiger partial charge in [0.05, 0.1) is 5.71 Å². The molecule has 0 saturated carbocycles. The van der Waals surface area contributed by atoms with Crippen molar-refractivity contribution in [2.45, 2.75) is 50.5 Å². The summed E-state index contributed by atoms with van der Waals surface area (Å²) in [5, 5.41) is 0. The van der Waals surface area contributed by atoms with E-state index in [0.29, 0.717) is 0 Å². The molecule has 4 rings (SSSR count). The van der Waals surface area contributed by atoms with E-state index >= 15 is 0 Å². The second-order valence-electron chi connectivity index (χ2n) is 8.43. The summed E-state index contributed by atoms with van der Waals surface area (Å²) in [4.78, 5) is 11.0. The number of likely N-dealkylation sites (tertiary alicyclic amines) is 1. The first-order valence-corrected chi connectivity index (χ1v) is 11.3. The van der Waals surface area contributed by atoms with Crippen LogP contribution in [0.15, 0.2) is 57.6 Å². The highest BCUT2D eigenvalue weighted by molar-refractivity contribution is 7.59. The normalized spacial score (nSPS) is 23.8. The average Bonchev–Trinajstić information content (AvgIpc) is 3.37. The van der Waals surface area contributed by atoms with E-state index in [4.69, 9.17) is 10.7 Å². The van der Waals surface area contributed by atoms with Crippen molar-refractivity contribution in [3.05, 3.63) is 53.3 Å². The Morgan fingerprint density at radius 3 is 2.55 bits per heavy atom. The molecule has 0 amide bonds. The molecular formula is C24H33N4S+. The molecule has 1 aromatic carbocycles. The highest BCUT2D eigenvalue weighted by Crippen LogP contribution is 2.34. The molecule has 4 nitrogen and oxygen atoms in total. The SMILES string of the molecule is C=C1C=C(N2CCC(N)C2)C=C(CC)C1=Nc1c(C)cc(N2CCCC2)cc1[SH2+]. The molecule has 0 radical (unpaired) electrons. The molecule has 2 saturated heterocycles. The van der Waals surface area contributed by atoms with Crippen LogP contribution in [0.4, 0.5) is 11.4 Å². The van der Waals surface area contributed by atoms with Crippen LogP contribution in [0.2, 0.25) is 0 Å². The number of rotatable bonds is 4. The van der Waals surface area contributed by atoms with Gasteiger partial charge < -0.3 is 15.5 Å². The molecule has 3 aliphatic rings. The van der Waals surface area contributed by atoms with Crippen molar-refractivity contribution in [2.75, 3.05) is 31.1 Å². The molecule has 2 fully saturated rings. The molecule has 154 valence electrons. The summed E-state index contributed by atoms with van der Waals surface area (Å²) in [7, 11) is 0. The number of benzene rings is 1. The van der Waals surface area contributed by atoms with Crippen LogP contribution in [0.1, 0.15) is 38.2 Å². The summed E-state index contributed by atoms with van der Waals surface area (Å²) in [6, 6.07) is 4.75. The van der Waals surface area contributed by atoms with Gasteiger partial charge in [-0.05, 0) is 80.2 Å². The number of hydrogen-bond acceptors (Lipinski definition) is 4. The van der Waals surface area contributed by atoms with E-state index in [1.807, 2.05) is 0 Å². The first kappa shape index (κ1) is 20.3. The summed E-state index contributed by atoms with van der Waals surface area (Å²) < 4.78 is 0. The number of nitrogens with two attached hydrogens (primary N) is 1. The van der Waals surface area contributed by atoms with E-state index in [2.05, 4.69) is 67.1 Å². The lowest BCUT2D eigenvalue weighted by molar-refractivity contribution is 0.432. The van der Waals surface area contributed by atoms with Gasteiger partial charge in [-0.2, -0.15) is 0 Å². The summed E-state index contributed by atoms with van der Waals surface area (Å²) in [5.74, 6) is 0. The van der Waals surface area contributed by atoms with E-state index in [-0.39, 0.29) is 6.04 Å². The molecule has 2 heterocycles. The van der Waals surface area contributed by atoms with Crippen molar-refractivity contribution in [3.63, 3.8) is 0 Å². The van der Waals surface area contributed by atoms with Crippen LogP contribution < -0.4 is 10.6 Å². The lowest BCUT2D eigenvalue weighted by Crippen LogP contribution is -2.27. The third-order valence-electron chi connectivity index (χ3n) is 6.20. The van der Waals surface area contributed by atoms with Crippen molar-refractivity contribution >= 4 is 29.7 Å². The number of anilines is 1. The standard InChI is InChI=1S/C24H32N4S/c1-4-18-13-20(28-10-7-19(25)15-28)11-16(2)23(18)26-24-17(3)12-21(14-22(24)29)27-8-5-6-9-27/h11-14,19,29H,2,4-10,15,25H2,1,3H3/p+1. The quantitative estimate of drug-likeness (QED) is 0.768. The van der Waals surface area contributed by atoms with Gasteiger partial charge in [0.25, 0.3) is 0 Å². The van der Waals surface area contributed by atoms with E-state index in [0.717, 1.165) is 60.9 Å². The van der Waals surface area contributed by atoms with Gasteiger partial charge in [0.2, 0.25) is 0 Å². The molecule has 0 aromatic heterocycles. The molecule has 5 heteroatoms. The van der Waals surface area contributed by atoms with E-state index < -0.39 is 0 Å². The topological polar surface area (TPSA) is 44.9 Å². The highest BCUT2D eigenvalue weighted by atomic mass is 32.1. The molecule has 1 aliphatic carbocycles. The Bertz CT molecular complexity index is 882. The van der Waals surface area contributed by atoms with Crippen LogP contribution in [-0.2, 0) is 12.6 Å². The third-order valence-corrected chi connectivity index (χ3v) is 6.58. The third kappa shape index (κ3) is 4.17. The van der Waals surface area contributed by atoms with Crippen LogP contribution in [0.25, 0.3) is 0 Å². The van der Waals surface area contributed by atoms with E-state index in [9.17, 15) is 0 Å². The van der Waals surface area contributed by atoms with Crippen molar-refractivity contribution in [2.24, 2.45) is 10.7 Å². The van der Waals surface area contributed by atoms with Crippen LogP contribution in [0.3, 0.4) is 0 Å². The molecular weight excluding hydrogens is 376 g/mol. The van der Waals surface area contributed by atoms with Gasteiger partial charge in [-0.15, -0.1) is 0 Å². The Morgan fingerprint density at radius 1 is 1.17 bits per heavy atom. The van der Waals surface area contributed by atoms with Gasteiger partial charge in [0.15, 0.2) is 4.90 Å². The maximum absolute atomic E-state index is 6.11. The number of allylic oxidation sites excluding steroid dienone is 4. The van der Waals surface area contributed by atoms with Gasteiger partial charge in [-0.1, -0.05) is 13.5 Å². The Kier molecular flexibility index (Phi) is 5.88. The monoisotopic (exact) mass is 409 g/mol. The van der Waals surface area contributed by atoms with Gasteiger partial charge in [-0.25, -0.2) is 4.99 Å². The van der Waals surface area contributed by atoms with Gasteiger partial charge in [0.1, 0.15) is 5.69 Å². The largest absolute Gasteiger partial charge is 0.371 e. The predicted octanol–water partition coefficient (Wildman–Crippen LogP) is 3.86. The van der Waals surface area contributed by atoms with Crippen LogP contribution in [0, 0.1) is 6.92 Å². The van der Waals surface area contributed by atoms with E-state index in [1.54, 1.807) is 0 Å². The van der Waals surface area contributed by atoms with Crippen LogP contribution >= 0.6 is 0 Å². The van der Waals surface area contributed by atoms with Crippen LogP contribution in [-0.4, -0.2) is 42.8 Å². The van der Waals surface area contributed by atoms with Crippen molar-refractivity contribution < 1.29 is 0 Å². The average molecular weight is 410 g/mol. The zero-order valence-electron chi connectivity index (χ0n) is 17.7. The first-order chi connectivity index (χ1) is 14.0. The maximum atomic E-state index is 6.11. The lowest BCUT2D eigenvalue weighted by Gasteiger charge is -2.25. The lowest BCUT2D eigenvalue weighted by atomic mass is 9.94. The highest BCUT2D eigenvalue weighted by Gasteiger charge is 2.25. The second kappa shape index (κ2) is 8.41. The fourth-order valence-electron chi connectivity index (χ4n) is 4.54. The summed E-state index contributed by atoms with van der Waals surface area (Å²) in [6.07, 6.45) is 8.97. The smallest absolute Gasteiger partial charge is 0.178 e. The Labute approximate surface area is 180 Å². The second-order valence-corrected chi connectivity index (χ2v) is 8.96. The zero-order chi connectivity index (χ0) is 20.5. The molecule has 2 aliphatic heterocycles. The zero-order valence-corrected chi connectivity index (χ0v) is 18.7. The van der Waals surface area contributed by atoms with Gasteiger partial charge in [-0.3, -0.25) is 0 Å². The Hall–Kier alpha value is -1.98. The molecule has 29 heavy (non-hydrogen) atoms. The predicted molar refractivity (Wildman–Crippen MR) is 128 cm³/mol. The van der Waals surface area contributed by atoms with Crippen LogP contribution in [0.5, 0.6) is 0 Å². The number of aliphatic imine (C=N–C) groups is 1. The molecule has 0 bridgehead atoms. The number of hydrogen-bond donors (Lipinski definition) is 1. The molecule has 1 unspecified atom stereocenters. The van der Waals surface area contributed by atoms with E-state index in [1.165, 1.54) is 35.4 Å². The number of nitrogens with zero attached hydrogens (tertiary/aromatic N) is 3. The summed E-state index contributed by atoms with van der Waals surface area (Å²) in [6.45, 7) is 12.9. The molecule has 1 aromatic rings. The number of aryl methyl sites for hydroxylation is 1. The molecule has 1 atom stereocenters. The Morgan fingerprint density at radius 2 is 1.93 bits per heavy atom.